The molecule has 0 saturated carbocycles. The number of rotatable bonds is 1. The third kappa shape index (κ3) is 24.9. The molecule has 0 fully saturated rings. The largest absolute Gasteiger partial charge is 2.00 e. The zero-order valence-electron chi connectivity index (χ0n) is 3.25. The molecule has 0 aromatic rings. The van der Waals surface area contributed by atoms with E-state index in [1.54, 1.807) is 0 Å². The molecule has 0 spiro atoms. The fourth-order valence-corrected chi connectivity index (χ4v) is 0. The minimum absolute atomic E-state index is 0. The van der Waals surface area contributed by atoms with E-state index in [4.69, 9.17) is 15.0 Å². The van der Waals surface area contributed by atoms with Crippen molar-refractivity contribution in [3.8, 4) is 0 Å². The summed E-state index contributed by atoms with van der Waals surface area (Å²) in [5, 5.41) is 16.5. The van der Waals surface area contributed by atoms with Gasteiger partial charge >= 0.3 is 16.8 Å². The monoisotopic (exact) mass is 151 g/mol. The Labute approximate surface area is 50.7 Å². The van der Waals surface area contributed by atoms with Crippen LogP contribution in [-0.4, -0.2) is 23.2 Å². The molecule has 0 heterocycles. The van der Waals surface area contributed by atoms with Gasteiger partial charge in [0, 0.05) is 0 Å². The molecule has 0 unspecified atom stereocenters. The van der Waals surface area contributed by atoms with Gasteiger partial charge < -0.3 is 20.5 Å². The van der Waals surface area contributed by atoms with Crippen molar-refractivity contribution >= 4 is 5.97 Å². The number of carboxylic acids is 1. The van der Waals surface area contributed by atoms with Crippen molar-refractivity contribution in [2.45, 2.75) is 0 Å². The summed E-state index contributed by atoms with van der Waals surface area (Å²) >= 11 is 0. The van der Waals surface area contributed by atoms with Crippen molar-refractivity contribution in [1.29, 1.82) is 0 Å². The molecule has 0 aliphatic rings. The zero-order valence-corrected chi connectivity index (χ0v) is 4.29. The molecule has 0 aliphatic carbocycles. The molecule has 45 valence electrons. The normalized spacial score (nSPS) is 5.29. The van der Waals surface area contributed by atoms with Crippen LogP contribution < -0.4 is 5.11 Å². The van der Waals surface area contributed by atoms with Gasteiger partial charge in [-0.15, -0.1) is 0 Å². The van der Waals surface area contributed by atoms with Crippen molar-refractivity contribution < 1.29 is 37.3 Å². The van der Waals surface area contributed by atoms with Crippen LogP contribution in [0.3, 0.4) is 0 Å². The Morgan fingerprint density at radius 3 is 1.86 bits per heavy atom. The first-order chi connectivity index (χ1) is 2.27. The molecule has 0 atom stereocenters. The zero-order chi connectivity index (χ0) is 4.28. The van der Waals surface area contributed by atoms with Gasteiger partial charge in [-0.25, -0.2) is 0 Å². The third-order valence-corrected chi connectivity index (χ3v) is 0.129. The first-order valence-electron chi connectivity index (χ1n) is 1.08. The summed E-state index contributed by atoms with van der Waals surface area (Å²) in [4.78, 5) is 9.01. The van der Waals surface area contributed by atoms with Gasteiger partial charge in [0.05, 0.1) is 12.6 Å². The van der Waals surface area contributed by atoms with Crippen LogP contribution in [0.2, 0.25) is 0 Å². The van der Waals surface area contributed by atoms with Gasteiger partial charge in [-0.2, -0.15) is 0 Å². The van der Waals surface area contributed by atoms with E-state index < -0.39 is 12.6 Å². The Morgan fingerprint density at radius 1 is 1.71 bits per heavy atom. The van der Waals surface area contributed by atoms with Crippen molar-refractivity contribution in [2.75, 3.05) is 6.61 Å². The van der Waals surface area contributed by atoms with E-state index in [1.165, 1.54) is 0 Å². The number of aliphatic hydroxyl groups excluding tert-OH is 1. The predicted molar refractivity (Wildman–Crippen MR) is 14.0 cm³/mol. The van der Waals surface area contributed by atoms with Crippen LogP contribution in [0.4, 0.5) is 0 Å². The summed E-state index contributed by atoms with van der Waals surface area (Å²) in [5.41, 5.74) is 0. The molecular weight excluding hydrogens is 147 g/mol. The maximum absolute atomic E-state index is 9.01. The van der Waals surface area contributed by atoms with E-state index in [1.807, 2.05) is 0 Å². The van der Waals surface area contributed by atoms with Crippen LogP contribution in [0.25, 0.3) is 0 Å². The molecule has 0 saturated heterocycles. The van der Waals surface area contributed by atoms with E-state index in [0.29, 0.717) is 0 Å². The van der Waals surface area contributed by atoms with Crippen LogP contribution in [0.1, 0.15) is 0 Å². The first-order valence-corrected chi connectivity index (χ1v) is 1.08. The summed E-state index contributed by atoms with van der Waals surface area (Å²) in [5.74, 6) is -1.44. The number of hydrogen-bond donors (Lipinski definition) is 1. The molecule has 0 aliphatic heterocycles. The molecular formula is C2H4CoO4. The van der Waals surface area contributed by atoms with Crippen molar-refractivity contribution in [2.24, 2.45) is 0 Å². The Hall–Kier alpha value is -0.104. The maximum atomic E-state index is 9.01. The molecule has 2 N–H and O–H groups in total. The summed E-state index contributed by atoms with van der Waals surface area (Å²) in [7, 11) is 0. The van der Waals surface area contributed by atoms with E-state index in [0.717, 1.165) is 0 Å². The van der Waals surface area contributed by atoms with Gasteiger partial charge in [0.15, 0.2) is 0 Å². The molecule has 5 heteroatoms. The molecule has 0 aromatic carbocycles. The minimum atomic E-state index is -1.44. The Bertz CT molecular complexity index is 45.0. The number of carbonyl (C=O) groups is 1. The predicted octanol–water partition coefficient (Wildman–Crippen LogP) is -2.45. The first kappa shape index (κ1) is 15.8. The van der Waals surface area contributed by atoms with Crippen LogP contribution in [0, 0.1) is 0 Å². The SMILES string of the molecule is O=C([O-])CO.[Co+2].[OH-]. The van der Waals surface area contributed by atoms with E-state index in [9.17, 15) is 0 Å². The van der Waals surface area contributed by atoms with Gasteiger partial charge in [-0.3, -0.25) is 0 Å². The quantitative estimate of drug-likeness (QED) is 0.450. The molecule has 1 radical (unpaired) electrons. The second-order valence-electron chi connectivity index (χ2n) is 0.530. The Kier molecular flexibility index (Phi) is 21.0. The maximum Gasteiger partial charge on any atom is 2.00 e. The fourth-order valence-electron chi connectivity index (χ4n) is 0. The van der Waals surface area contributed by atoms with Crippen LogP contribution >= 0.6 is 0 Å². The number of carbonyl (C=O) groups excluding carboxylic acids is 1. The minimum Gasteiger partial charge on any atom is -0.870 e. The van der Waals surface area contributed by atoms with Gasteiger partial charge in [0.2, 0.25) is 0 Å². The Balaban J connectivity index is -0.0000000800. The van der Waals surface area contributed by atoms with Gasteiger partial charge in [-0.05, 0) is 0 Å². The molecule has 0 bridgehead atoms. The number of aliphatic hydroxyl groups is 1. The fraction of sp³-hybridized carbons (Fsp3) is 0.500. The van der Waals surface area contributed by atoms with Crippen LogP contribution in [0.5, 0.6) is 0 Å². The van der Waals surface area contributed by atoms with Crippen molar-refractivity contribution in [3.63, 3.8) is 0 Å². The second-order valence-corrected chi connectivity index (χ2v) is 0.530. The van der Waals surface area contributed by atoms with Crippen molar-refractivity contribution in [1.82, 2.24) is 0 Å². The van der Waals surface area contributed by atoms with Gasteiger partial charge in [-0.1, -0.05) is 0 Å². The summed E-state index contributed by atoms with van der Waals surface area (Å²) in [6, 6.07) is 0. The average molecular weight is 151 g/mol. The molecule has 7 heavy (non-hydrogen) atoms. The molecule has 4 nitrogen and oxygen atoms in total. The number of carboxylic acid groups (broad SMARTS) is 1. The number of aliphatic carboxylic acids is 1. The summed E-state index contributed by atoms with van der Waals surface area (Å²) < 4.78 is 0. The summed E-state index contributed by atoms with van der Waals surface area (Å²) in [6.07, 6.45) is 0. The molecule has 0 rings (SSSR count). The molecule has 0 aromatic heterocycles. The average Bonchev–Trinajstić information content (AvgIpc) is 1.38. The standard InChI is InChI=1S/C2H4O3.Co.H2O/c3-1-2(4)5;;/h3H,1H2,(H,4,5);;1H2/q;+2;/p-2. The van der Waals surface area contributed by atoms with E-state index >= 15 is 0 Å². The van der Waals surface area contributed by atoms with E-state index in [-0.39, 0.29) is 22.3 Å². The second kappa shape index (κ2) is 9.31. The van der Waals surface area contributed by atoms with Crippen LogP contribution in [-0.2, 0) is 21.6 Å². The van der Waals surface area contributed by atoms with Crippen molar-refractivity contribution in [3.05, 3.63) is 0 Å². The smallest absolute Gasteiger partial charge is 0.870 e. The van der Waals surface area contributed by atoms with E-state index in [2.05, 4.69) is 0 Å². The summed E-state index contributed by atoms with van der Waals surface area (Å²) in [6.45, 7) is -0.889. The number of hydrogen-bond acceptors (Lipinski definition) is 4. The van der Waals surface area contributed by atoms with Gasteiger partial charge in [0.1, 0.15) is 0 Å². The Morgan fingerprint density at radius 2 is 1.86 bits per heavy atom. The van der Waals surface area contributed by atoms with Gasteiger partial charge in [0.25, 0.3) is 0 Å². The van der Waals surface area contributed by atoms with Crippen LogP contribution in [0.15, 0.2) is 0 Å². The topological polar surface area (TPSA) is 90.4 Å². The molecule has 0 amide bonds. The third-order valence-electron chi connectivity index (χ3n) is 0.129.